The van der Waals surface area contributed by atoms with E-state index in [1.54, 1.807) is 46.8 Å². The number of likely N-dealkylation sites (N-methyl/N-ethyl adjacent to an activating group) is 11. The monoisotopic (exact) mass is 1800 g/mol. The molecule has 690 valence electrons. The van der Waals surface area contributed by atoms with E-state index in [4.69, 9.17) is 18.9 Å². The number of carbonyl (C=O) groups is 16. The Kier molecular flexibility index (Phi) is 33.2. The van der Waals surface area contributed by atoms with Crippen molar-refractivity contribution in [2.24, 2.45) is 5.92 Å². The highest BCUT2D eigenvalue weighted by Gasteiger charge is 2.46. The predicted octanol–water partition coefficient (Wildman–Crippen LogP) is -0.417. The SMILES string of the molecule is CC[C@@]1(O)C(=O)OCc2c1cc1n(c2=O)Cc2c-1nc1ccccc1c2CCN(C(=O)OCc1ccc(NC(=O)[C@H](C)NC(=O)C(NC(=O)c2ccc(-c3nnc(S(C)(=O)=O)o3)cc2)C(C)C)cc1CN(C)C(=O)CN(C)C(=O)CN(C)C(=O)CN(C)C(=O)CN(C)C(=O)CN(C)C(=O)CN(C)C(=O)CN(C)C(=O)CN(C)C(=O)CN(C)C(=O)CN(C)C(C)=O)C(C)C. The second-order valence-electron chi connectivity index (χ2n) is 32.6. The first kappa shape index (κ1) is 99.8. The number of amides is 15. The van der Waals surface area contributed by atoms with Crippen molar-refractivity contribution >= 4 is 121 Å². The molecule has 1 unspecified atom stereocenters. The summed E-state index contributed by atoms with van der Waals surface area (Å²) in [7, 11) is 10.9. The van der Waals surface area contributed by atoms with Crippen LogP contribution in [0.2, 0.25) is 0 Å². The minimum atomic E-state index is -3.80. The number of esters is 1. The third-order valence-corrected chi connectivity index (χ3v) is 22.8. The van der Waals surface area contributed by atoms with Crippen molar-refractivity contribution in [2.75, 3.05) is 161 Å². The number of cyclic esters (lactones) is 1. The molecule has 0 spiro atoms. The average Bonchev–Trinajstić information content (AvgIpc) is 1.54. The van der Waals surface area contributed by atoms with Gasteiger partial charge in [0.2, 0.25) is 92.5 Å². The summed E-state index contributed by atoms with van der Waals surface area (Å²) in [6.45, 7) is 5.67. The van der Waals surface area contributed by atoms with Crippen molar-refractivity contribution in [1.82, 2.24) is 89.2 Å². The summed E-state index contributed by atoms with van der Waals surface area (Å²) in [5.41, 5.74) is 2.04. The maximum Gasteiger partial charge on any atom is 0.410 e. The van der Waals surface area contributed by atoms with Gasteiger partial charge < -0.3 is 98.3 Å². The Bertz CT molecular complexity index is 5500. The van der Waals surface area contributed by atoms with Gasteiger partial charge in [0.1, 0.15) is 25.3 Å². The van der Waals surface area contributed by atoms with Gasteiger partial charge in [-0.2, -0.15) is 0 Å². The van der Waals surface area contributed by atoms with Gasteiger partial charge in [-0.05, 0) is 105 Å². The van der Waals surface area contributed by atoms with E-state index in [2.05, 4.69) is 26.1 Å². The molecule has 15 amide bonds. The lowest BCUT2D eigenvalue weighted by Gasteiger charge is -2.31. The normalized spacial score (nSPS) is 13.5. The van der Waals surface area contributed by atoms with Crippen LogP contribution in [0.15, 0.2) is 87.2 Å². The van der Waals surface area contributed by atoms with Crippen LogP contribution in [0.1, 0.15) is 98.6 Å². The second-order valence-corrected chi connectivity index (χ2v) is 34.5. The zero-order chi connectivity index (χ0) is 95.2. The van der Waals surface area contributed by atoms with Crippen LogP contribution < -0.4 is 21.5 Å². The van der Waals surface area contributed by atoms with Gasteiger partial charge in [-0.3, -0.25) is 71.9 Å². The van der Waals surface area contributed by atoms with Gasteiger partial charge >= 0.3 is 17.3 Å². The summed E-state index contributed by atoms with van der Waals surface area (Å²) in [6, 6.07) is 16.4. The summed E-state index contributed by atoms with van der Waals surface area (Å²) in [5.74, 6) is -10.4. The molecule has 0 radical (unpaired) electrons. The number of fused-ring (bicyclic) bond motifs is 5. The van der Waals surface area contributed by atoms with Crippen LogP contribution in [-0.2, 0) is 125 Å². The molecule has 6 aromatic rings. The minimum absolute atomic E-state index is 0.0518. The van der Waals surface area contributed by atoms with E-state index in [1.165, 1.54) is 147 Å². The first-order valence-corrected chi connectivity index (χ1v) is 42.6. The highest BCUT2D eigenvalue weighted by Crippen LogP contribution is 2.41. The van der Waals surface area contributed by atoms with E-state index in [9.17, 15) is 95.0 Å². The van der Waals surface area contributed by atoms with E-state index >= 15 is 0 Å². The largest absolute Gasteiger partial charge is 0.458 e. The average molecular weight is 1800 g/mol. The van der Waals surface area contributed by atoms with Crippen molar-refractivity contribution in [2.45, 2.75) is 117 Å². The molecule has 3 atom stereocenters. The number of para-hydroxylation sites is 1. The molecule has 3 aromatic carbocycles. The van der Waals surface area contributed by atoms with Crippen molar-refractivity contribution in [3.8, 4) is 22.8 Å². The number of nitrogens with zero attached hydrogens (tertiary/aromatic N) is 16. The quantitative estimate of drug-likeness (QED) is 0.0357. The Hall–Kier alpha value is -13.6. The topological polar surface area (TPSA) is 495 Å². The number of aromatic nitrogens is 4. The molecule has 0 aliphatic carbocycles. The van der Waals surface area contributed by atoms with Gasteiger partial charge in [-0.1, -0.05) is 50.1 Å². The molecule has 0 saturated heterocycles. The number of aliphatic hydroxyl groups is 1. The fraction of sp³-hybridized carbons (Fsp3) is 0.482. The van der Waals surface area contributed by atoms with E-state index in [0.717, 1.165) is 61.3 Å². The Morgan fingerprint density at radius 3 is 1.48 bits per heavy atom. The molecule has 0 bridgehead atoms. The number of carbonyl (C=O) groups excluding carboxylic acids is 16. The Morgan fingerprint density at radius 1 is 0.570 bits per heavy atom. The summed E-state index contributed by atoms with van der Waals surface area (Å²) in [5, 5.41) is 27.2. The standard InChI is InChI=1S/C85H111N19O23S/c1-20-85(122)62-34-64-76-60(36-104(64)81(119)61(62)48-125-82(85)120)58(59-23-21-22-24-63(59)88-76)31-32-103(50(4)5)84(121)126-47-55-29-30-57(87-77(116)51(6)86-79(118)75(49(2)3)89-78(117)53-25-27-54(28-26-53)80-90-91-83(127-80)128(19,123)124)33-56(55)35-93(9)66(107)38-95(11)68(109)40-97(13)70(111)42-99(15)72(113)44-101(17)74(115)46-102(18)73(114)45-100(16)71(112)43-98(14)69(110)41-96(12)67(108)39-94(10)65(106)37-92(8)52(7)105/h21-30,33-34,49-51,75,122H,20,31-32,35-48H2,1-19H3,(H,86,118)(H,87,116)(H,89,117)/t51-,75?,85-/m0/s1. The number of rotatable bonds is 38. The third kappa shape index (κ3) is 24.7. The highest BCUT2D eigenvalue weighted by atomic mass is 32.2. The summed E-state index contributed by atoms with van der Waals surface area (Å²) in [6.07, 6.45) is 0.355. The molecular formula is C85H111N19O23S. The fourth-order valence-electron chi connectivity index (χ4n) is 13.5. The lowest BCUT2D eigenvalue weighted by molar-refractivity contribution is -0.172. The molecule has 2 aliphatic rings. The van der Waals surface area contributed by atoms with E-state index in [-0.39, 0.29) is 93.0 Å². The Balaban J connectivity index is 0.881. The number of anilines is 1. The van der Waals surface area contributed by atoms with Crippen molar-refractivity contribution in [1.29, 1.82) is 0 Å². The maximum absolute atomic E-state index is 14.6. The Morgan fingerprint density at radius 2 is 1.04 bits per heavy atom. The van der Waals surface area contributed by atoms with Crippen molar-refractivity contribution < 1.29 is 104 Å². The molecule has 5 heterocycles. The van der Waals surface area contributed by atoms with Gasteiger partial charge in [0.15, 0.2) is 5.60 Å². The number of hydrogen-bond donors (Lipinski definition) is 4. The molecule has 8 rings (SSSR count). The molecule has 4 N–H and O–H groups in total. The van der Waals surface area contributed by atoms with E-state index < -0.39 is 191 Å². The summed E-state index contributed by atoms with van der Waals surface area (Å²) < 4.78 is 42.0. The first-order chi connectivity index (χ1) is 59.9. The van der Waals surface area contributed by atoms with Crippen LogP contribution in [0.3, 0.4) is 0 Å². The maximum atomic E-state index is 14.6. The first-order valence-electron chi connectivity index (χ1n) is 40.7. The highest BCUT2D eigenvalue weighted by molar-refractivity contribution is 7.90. The zero-order valence-electron chi connectivity index (χ0n) is 75.3. The molecule has 42 nitrogen and oxygen atoms in total. The smallest absolute Gasteiger partial charge is 0.410 e. The minimum Gasteiger partial charge on any atom is -0.458 e. The summed E-state index contributed by atoms with van der Waals surface area (Å²) in [4.78, 5) is 246. The van der Waals surface area contributed by atoms with E-state index in [0.29, 0.717) is 39.2 Å². The van der Waals surface area contributed by atoms with Gasteiger partial charge in [0.25, 0.3) is 11.5 Å². The van der Waals surface area contributed by atoms with Gasteiger partial charge in [-0.15, -0.1) is 5.10 Å². The summed E-state index contributed by atoms with van der Waals surface area (Å²) >= 11 is 0. The van der Waals surface area contributed by atoms with Gasteiger partial charge in [0.05, 0.1) is 94.5 Å². The van der Waals surface area contributed by atoms with Crippen molar-refractivity contribution in [3.63, 3.8) is 0 Å². The van der Waals surface area contributed by atoms with Crippen molar-refractivity contribution in [3.05, 3.63) is 122 Å². The fourth-order valence-corrected chi connectivity index (χ4v) is 13.9. The van der Waals surface area contributed by atoms with Crippen LogP contribution in [0.5, 0.6) is 0 Å². The lowest BCUT2D eigenvalue weighted by atomic mass is 9.86. The van der Waals surface area contributed by atoms with Crippen LogP contribution in [0.25, 0.3) is 33.7 Å². The molecule has 0 fully saturated rings. The second kappa shape index (κ2) is 42.6. The molecular weight excluding hydrogens is 1690 g/mol. The number of benzene rings is 3. The third-order valence-electron chi connectivity index (χ3n) is 22.0. The van der Waals surface area contributed by atoms with Crippen LogP contribution in [0, 0.1) is 5.92 Å². The number of nitrogens with one attached hydrogen (secondary N) is 3. The van der Waals surface area contributed by atoms with E-state index in [1.807, 2.05) is 24.3 Å². The zero-order valence-corrected chi connectivity index (χ0v) is 76.1. The Labute approximate surface area is 739 Å². The van der Waals surface area contributed by atoms with Gasteiger partial charge in [-0.25, -0.2) is 23.0 Å². The molecule has 2 aliphatic heterocycles. The molecule has 3 aromatic heterocycles. The van der Waals surface area contributed by atoms with Crippen LogP contribution in [0.4, 0.5) is 10.5 Å². The lowest BCUT2D eigenvalue weighted by Crippen LogP contribution is -2.53. The number of pyridine rings is 2. The molecule has 128 heavy (non-hydrogen) atoms. The molecule has 0 saturated carbocycles. The number of sulfone groups is 1. The number of hydrogen-bond acceptors (Lipinski definition) is 26. The molecule has 43 heteroatoms. The number of ether oxygens (including phenoxy) is 2. The van der Waals surface area contributed by atoms with Gasteiger partial charge in [0, 0.05) is 143 Å². The predicted molar refractivity (Wildman–Crippen MR) is 460 cm³/mol. The van der Waals surface area contributed by atoms with Crippen LogP contribution >= 0.6 is 0 Å². The van der Waals surface area contributed by atoms with Crippen LogP contribution in [-0.4, -0.2) is 361 Å².